The van der Waals surface area contributed by atoms with Gasteiger partial charge in [0.1, 0.15) is 6.04 Å². The molecule has 3 aromatic rings. The van der Waals surface area contributed by atoms with Crippen LogP contribution in [0, 0.1) is 11.8 Å². The van der Waals surface area contributed by atoms with Gasteiger partial charge in [-0.3, -0.25) is 28.9 Å². The van der Waals surface area contributed by atoms with Crippen LogP contribution < -0.4 is 16.0 Å². The standard InChI is InChI=1S/C52H70N6O5/c1-3-4-5-6-7-8-9-10-11-12-13-20-29-53-50(61)47-36-57(31-30-56(47)2)51(62)39-25-27-40(28-26-39)52(63)58-34-43(48(59)54-45-32-41(45)37-21-16-14-17-22-37)44(35-58)49(60)55-46-33-42(46)38-23-18-15-19-24-38/h14-19,21-28,41-47H,3-13,20,29-36H2,1-2H3,(H,53,61)(H,54,59)(H,55,60)/t41-,42-,43-,44-,45+,46+,47+/m1/s1. The van der Waals surface area contributed by atoms with Gasteiger partial charge in [-0.2, -0.15) is 0 Å². The van der Waals surface area contributed by atoms with Gasteiger partial charge in [0.05, 0.1) is 11.8 Å². The summed E-state index contributed by atoms with van der Waals surface area (Å²) in [7, 11) is 1.93. The first-order valence-electron chi connectivity index (χ1n) is 24.1. The van der Waals surface area contributed by atoms with Gasteiger partial charge in [-0.15, -0.1) is 0 Å². The molecule has 5 amide bonds. The Morgan fingerprint density at radius 1 is 0.524 bits per heavy atom. The molecule has 2 aliphatic heterocycles. The molecule has 4 aliphatic rings. The van der Waals surface area contributed by atoms with Gasteiger partial charge in [-0.25, -0.2) is 0 Å². The van der Waals surface area contributed by atoms with Gasteiger partial charge in [0.15, 0.2) is 0 Å². The predicted molar refractivity (Wildman–Crippen MR) is 247 cm³/mol. The van der Waals surface area contributed by atoms with E-state index in [1.165, 1.54) is 75.3 Å². The zero-order valence-electron chi connectivity index (χ0n) is 37.6. The zero-order chi connectivity index (χ0) is 44.1. The molecule has 0 aromatic heterocycles. The summed E-state index contributed by atoms with van der Waals surface area (Å²) >= 11 is 0. The second-order valence-electron chi connectivity index (χ2n) is 18.7. The lowest BCUT2D eigenvalue weighted by atomic mass is 9.94. The molecule has 338 valence electrons. The smallest absolute Gasteiger partial charge is 0.253 e. The second-order valence-corrected chi connectivity index (χ2v) is 18.7. The Kier molecular flexibility index (Phi) is 16.5. The number of benzene rings is 3. The van der Waals surface area contributed by atoms with E-state index in [0.717, 1.165) is 25.7 Å². The summed E-state index contributed by atoms with van der Waals surface area (Å²) < 4.78 is 0. The maximum Gasteiger partial charge on any atom is 0.253 e. The average Bonchev–Trinajstić information content (AvgIpc) is 4.22. The van der Waals surface area contributed by atoms with E-state index in [1.54, 1.807) is 34.1 Å². The van der Waals surface area contributed by atoms with Crippen molar-refractivity contribution >= 4 is 29.5 Å². The molecule has 7 atom stereocenters. The molecule has 0 bridgehead atoms. The van der Waals surface area contributed by atoms with Gasteiger partial charge in [0.2, 0.25) is 17.7 Å². The maximum absolute atomic E-state index is 14.0. The van der Waals surface area contributed by atoms with Crippen molar-refractivity contribution in [3.63, 3.8) is 0 Å². The third-order valence-electron chi connectivity index (χ3n) is 13.9. The van der Waals surface area contributed by atoms with Crippen molar-refractivity contribution in [1.29, 1.82) is 0 Å². The maximum atomic E-state index is 14.0. The molecule has 3 aromatic carbocycles. The highest BCUT2D eigenvalue weighted by molar-refractivity contribution is 5.99. The summed E-state index contributed by atoms with van der Waals surface area (Å²) in [6, 6.07) is 26.4. The van der Waals surface area contributed by atoms with Crippen molar-refractivity contribution in [1.82, 2.24) is 30.7 Å². The monoisotopic (exact) mass is 859 g/mol. The van der Waals surface area contributed by atoms with E-state index < -0.39 is 17.9 Å². The molecule has 3 N–H and O–H groups in total. The molecule has 2 saturated heterocycles. The van der Waals surface area contributed by atoms with Crippen LogP contribution in [0.15, 0.2) is 84.9 Å². The van der Waals surface area contributed by atoms with Crippen molar-refractivity contribution < 1.29 is 24.0 Å². The highest BCUT2D eigenvalue weighted by atomic mass is 16.2. The summed E-state index contributed by atoms with van der Waals surface area (Å²) in [6.45, 7) is 4.53. The number of unbranched alkanes of at least 4 members (excludes halogenated alkanes) is 11. The largest absolute Gasteiger partial charge is 0.355 e. The van der Waals surface area contributed by atoms with E-state index in [4.69, 9.17) is 0 Å². The van der Waals surface area contributed by atoms with E-state index in [1.807, 2.05) is 48.3 Å². The van der Waals surface area contributed by atoms with Gasteiger partial charge in [-0.05, 0) is 61.7 Å². The number of hydrogen-bond donors (Lipinski definition) is 3. The van der Waals surface area contributed by atoms with Crippen LogP contribution in [0.1, 0.15) is 140 Å². The van der Waals surface area contributed by atoms with Crippen molar-refractivity contribution in [3.8, 4) is 0 Å². The molecule has 4 fully saturated rings. The lowest BCUT2D eigenvalue weighted by Crippen LogP contribution is -2.58. The molecule has 2 aliphatic carbocycles. The first-order chi connectivity index (χ1) is 30.7. The molecule has 7 rings (SSSR count). The van der Waals surface area contributed by atoms with Crippen LogP contribution >= 0.6 is 0 Å². The summed E-state index contributed by atoms with van der Waals surface area (Å²) in [5, 5.41) is 9.51. The number of piperazine rings is 1. The highest BCUT2D eigenvalue weighted by Crippen LogP contribution is 2.42. The first-order valence-corrected chi connectivity index (χ1v) is 24.1. The molecule has 2 saturated carbocycles. The van der Waals surface area contributed by atoms with E-state index in [2.05, 4.69) is 47.1 Å². The Balaban J connectivity index is 0.887. The van der Waals surface area contributed by atoms with Crippen LogP contribution in [-0.2, 0) is 14.4 Å². The van der Waals surface area contributed by atoms with Crippen molar-refractivity contribution in [2.75, 3.05) is 46.3 Å². The highest BCUT2D eigenvalue weighted by Gasteiger charge is 2.49. The molecule has 63 heavy (non-hydrogen) atoms. The van der Waals surface area contributed by atoms with Gasteiger partial charge in [-0.1, -0.05) is 138 Å². The Morgan fingerprint density at radius 2 is 0.968 bits per heavy atom. The van der Waals surface area contributed by atoms with Crippen LogP contribution in [0.25, 0.3) is 0 Å². The molecular weight excluding hydrogens is 789 g/mol. The molecule has 2 heterocycles. The first kappa shape index (κ1) is 46.0. The Hall–Kier alpha value is -5.03. The molecular formula is C52H70N6O5. The van der Waals surface area contributed by atoms with Gasteiger partial charge < -0.3 is 25.8 Å². The second kappa shape index (κ2) is 22.5. The number of amides is 5. The van der Waals surface area contributed by atoms with Crippen LogP contribution in [0.3, 0.4) is 0 Å². The number of nitrogens with one attached hydrogen (secondary N) is 3. The lowest BCUT2D eigenvalue weighted by molar-refractivity contribution is -0.133. The summed E-state index contributed by atoms with van der Waals surface area (Å²) in [5.74, 6) is -1.81. The SMILES string of the molecule is CCCCCCCCCCCCCCNC(=O)[C@@H]1CN(C(=O)c2ccc(C(=O)N3C[C@@H](C(=O)N[C@H]4C[C@@H]4c4ccccc4)[C@H](C(=O)N[C@H]4C[C@@H]4c4ccccc4)C3)cc2)CCN1C. The minimum absolute atomic E-state index is 0.00151. The van der Waals surface area contributed by atoms with Crippen LogP contribution in [0.2, 0.25) is 0 Å². The molecule has 0 unspecified atom stereocenters. The van der Waals surface area contributed by atoms with Crippen molar-refractivity contribution in [3.05, 3.63) is 107 Å². The van der Waals surface area contributed by atoms with E-state index in [0.29, 0.717) is 37.3 Å². The fourth-order valence-corrected chi connectivity index (χ4v) is 9.68. The minimum Gasteiger partial charge on any atom is -0.355 e. The van der Waals surface area contributed by atoms with E-state index >= 15 is 0 Å². The molecule has 0 radical (unpaired) electrons. The third-order valence-corrected chi connectivity index (χ3v) is 13.9. The number of carbonyl (C=O) groups is 5. The Labute approximate surface area is 375 Å². The lowest BCUT2D eigenvalue weighted by Gasteiger charge is -2.38. The van der Waals surface area contributed by atoms with Gasteiger partial charge >= 0.3 is 0 Å². The fraction of sp³-hybridized carbons (Fsp3) is 0.558. The number of likely N-dealkylation sites (tertiary alicyclic amines) is 1. The number of likely N-dealkylation sites (N-methyl/N-ethyl adjacent to an activating group) is 1. The van der Waals surface area contributed by atoms with Gasteiger partial charge in [0, 0.05) is 74.3 Å². The number of carbonyl (C=O) groups excluding carboxylic acids is 5. The van der Waals surface area contributed by atoms with Gasteiger partial charge in [0.25, 0.3) is 11.8 Å². The van der Waals surface area contributed by atoms with E-state index in [9.17, 15) is 24.0 Å². The number of hydrogen-bond acceptors (Lipinski definition) is 6. The van der Waals surface area contributed by atoms with Crippen LogP contribution in [0.4, 0.5) is 0 Å². The summed E-state index contributed by atoms with van der Waals surface area (Å²) in [4.78, 5) is 74.1. The number of rotatable bonds is 22. The average molecular weight is 859 g/mol. The molecule has 11 nitrogen and oxygen atoms in total. The summed E-state index contributed by atoms with van der Waals surface area (Å²) in [6.07, 6.45) is 16.9. The van der Waals surface area contributed by atoms with E-state index in [-0.39, 0.29) is 66.5 Å². The third kappa shape index (κ3) is 12.6. The zero-order valence-corrected chi connectivity index (χ0v) is 37.6. The predicted octanol–water partition coefficient (Wildman–Crippen LogP) is 7.29. The Morgan fingerprint density at radius 3 is 1.44 bits per heavy atom. The van der Waals surface area contributed by atoms with Crippen LogP contribution in [-0.4, -0.2) is 109 Å². The van der Waals surface area contributed by atoms with Crippen LogP contribution in [0.5, 0.6) is 0 Å². The molecule has 11 heteroatoms. The number of nitrogens with zero attached hydrogens (tertiary/aromatic N) is 3. The topological polar surface area (TPSA) is 131 Å². The fourth-order valence-electron chi connectivity index (χ4n) is 9.68. The quantitative estimate of drug-likeness (QED) is 0.0911. The normalized spacial score (nSPS) is 24.1. The summed E-state index contributed by atoms with van der Waals surface area (Å²) in [5.41, 5.74) is 3.19. The van der Waals surface area contributed by atoms with Crippen molar-refractivity contribution in [2.45, 2.75) is 127 Å². The minimum atomic E-state index is -0.687. The Bertz CT molecular complexity index is 1900. The molecule has 0 spiro atoms. The van der Waals surface area contributed by atoms with Crippen molar-refractivity contribution in [2.24, 2.45) is 11.8 Å².